The molecule has 0 aliphatic rings. The highest BCUT2D eigenvalue weighted by atomic mass is 14.0. The first-order chi connectivity index (χ1) is 5.13. The number of rotatable bonds is 5. The quantitative estimate of drug-likeness (QED) is 0.524. The molecule has 0 bridgehead atoms. The highest BCUT2D eigenvalue weighted by Crippen LogP contribution is 2.06. The number of hydrogen-bond acceptors (Lipinski definition) is 0. The molecular formula is C11H22. The van der Waals surface area contributed by atoms with Gasteiger partial charge in [-0.2, -0.15) is 0 Å². The van der Waals surface area contributed by atoms with E-state index in [1.807, 2.05) is 0 Å². The minimum atomic E-state index is 0.810. The van der Waals surface area contributed by atoms with E-state index < -0.39 is 0 Å². The maximum absolute atomic E-state index is 2.32. The number of hydrogen-bond donors (Lipinski definition) is 0. The van der Waals surface area contributed by atoms with E-state index in [0.29, 0.717) is 0 Å². The summed E-state index contributed by atoms with van der Waals surface area (Å²) in [6, 6.07) is 0. The zero-order valence-electron chi connectivity index (χ0n) is 8.43. The first-order valence-electron chi connectivity index (χ1n) is 4.78. The molecular weight excluding hydrogens is 132 g/mol. The summed E-state index contributed by atoms with van der Waals surface area (Å²) >= 11 is 0. The molecule has 0 N–H and O–H groups in total. The lowest BCUT2D eigenvalue weighted by Crippen LogP contribution is -1.85. The molecule has 0 nitrogen and oxygen atoms in total. The van der Waals surface area contributed by atoms with Gasteiger partial charge in [-0.15, -0.1) is 0 Å². The van der Waals surface area contributed by atoms with Crippen LogP contribution in [0, 0.1) is 11.8 Å². The summed E-state index contributed by atoms with van der Waals surface area (Å²) < 4.78 is 0. The van der Waals surface area contributed by atoms with E-state index in [4.69, 9.17) is 0 Å². The fraction of sp³-hybridized carbons (Fsp3) is 0.818. The summed E-state index contributed by atoms with van der Waals surface area (Å²) in [5, 5.41) is 0. The average molecular weight is 154 g/mol. The summed E-state index contributed by atoms with van der Waals surface area (Å²) in [6.07, 6.45) is 8.45. The molecule has 66 valence electrons. The maximum Gasteiger partial charge on any atom is -0.0327 e. The molecule has 0 fully saturated rings. The Hall–Kier alpha value is -0.260. The van der Waals surface area contributed by atoms with Crippen LogP contribution in [-0.4, -0.2) is 0 Å². The van der Waals surface area contributed by atoms with Crippen LogP contribution < -0.4 is 0 Å². The van der Waals surface area contributed by atoms with Crippen LogP contribution in [0.4, 0.5) is 0 Å². The number of allylic oxidation sites excluding steroid dienone is 2. The molecule has 0 aromatic heterocycles. The van der Waals surface area contributed by atoms with Crippen LogP contribution in [0.3, 0.4) is 0 Å². The molecule has 0 aromatic rings. The SMILES string of the molecule is CC(C)C/C=C\CCC(C)C. The Labute approximate surface area is 71.7 Å². The second kappa shape index (κ2) is 6.45. The molecule has 0 radical (unpaired) electrons. The van der Waals surface area contributed by atoms with E-state index in [-0.39, 0.29) is 0 Å². The van der Waals surface area contributed by atoms with Crippen molar-refractivity contribution in [2.45, 2.75) is 47.0 Å². The van der Waals surface area contributed by atoms with Gasteiger partial charge in [-0.3, -0.25) is 0 Å². The first kappa shape index (κ1) is 10.7. The van der Waals surface area contributed by atoms with Gasteiger partial charge in [0.1, 0.15) is 0 Å². The van der Waals surface area contributed by atoms with E-state index in [9.17, 15) is 0 Å². The molecule has 0 aliphatic heterocycles. The van der Waals surface area contributed by atoms with Gasteiger partial charge in [0.15, 0.2) is 0 Å². The van der Waals surface area contributed by atoms with Gasteiger partial charge in [-0.05, 0) is 31.1 Å². The molecule has 0 spiro atoms. The van der Waals surface area contributed by atoms with Crippen molar-refractivity contribution >= 4 is 0 Å². The van der Waals surface area contributed by atoms with Crippen LogP contribution >= 0.6 is 0 Å². The minimum absolute atomic E-state index is 0.810. The lowest BCUT2D eigenvalue weighted by molar-refractivity contribution is 0.592. The Morgan fingerprint density at radius 1 is 0.909 bits per heavy atom. The van der Waals surface area contributed by atoms with Crippen LogP contribution in [-0.2, 0) is 0 Å². The van der Waals surface area contributed by atoms with Crippen LogP contribution in [0.15, 0.2) is 12.2 Å². The van der Waals surface area contributed by atoms with E-state index >= 15 is 0 Å². The zero-order valence-corrected chi connectivity index (χ0v) is 8.43. The van der Waals surface area contributed by atoms with Gasteiger partial charge < -0.3 is 0 Å². The molecule has 0 rings (SSSR count). The van der Waals surface area contributed by atoms with Crippen molar-refractivity contribution in [2.24, 2.45) is 11.8 Å². The van der Waals surface area contributed by atoms with E-state index in [1.165, 1.54) is 19.3 Å². The van der Waals surface area contributed by atoms with E-state index in [2.05, 4.69) is 39.8 Å². The molecule has 0 aliphatic carbocycles. The Bertz CT molecular complexity index is 98.6. The maximum atomic E-state index is 2.32. The van der Waals surface area contributed by atoms with Crippen LogP contribution in [0.5, 0.6) is 0 Å². The van der Waals surface area contributed by atoms with Crippen LogP contribution in [0.2, 0.25) is 0 Å². The minimum Gasteiger partial charge on any atom is -0.0885 e. The van der Waals surface area contributed by atoms with Crippen molar-refractivity contribution in [2.75, 3.05) is 0 Å². The van der Waals surface area contributed by atoms with Crippen molar-refractivity contribution in [1.29, 1.82) is 0 Å². The first-order valence-corrected chi connectivity index (χ1v) is 4.78. The fourth-order valence-corrected chi connectivity index (χ4v) is 0.916. The Morgan fingerprint density at radius 3 is 2.00 bits per heavy atom. The predicted molar refractivity (Wildman–Crippen MR) is 52.7 cm³/mol. The normalized spacial score (nSPS) is 12.2. The summed E-state index contributed by atoms with van der Waals surface area (Å²) in [4.78, 5) is 0. The summed E-state index contributed by atoms with van der Waals surface area (Å²) in [5.41, 5.74) is 0. The van der Waals surface area contributed by atoms with Crippen LogP contribution in [0.25, 0.3) is 0 Å². The van der Waals surface area contributed by atoms with Gasteiger partial charge in [-0.1, -0.05) is 39.8 Å². The topological polar surface area (TPSA) is 0 Å². The lowest BCUT2D eigenvalue weighted by atomic mass is 10.1. The summed E-state index contributed by atoms with van der Waals surface area (Å²) in [7, 11) is 0. The highest BCUT2D eigenvalue weighted by Gasteiger charge is 1.90. The Morgan fingerprint density at radius 2 is 1.55 bits per heavy atom. The zero-order chi connectivity index (χ0) is 8.69. The Kier molecular flexibility index (Phi) is 6.30. The van der Waals surface area contributed by atoms with Crippen molar-refractivity contribution in [3.63, 3.8) is 0 Å². The average Bonchev–Trinajstić information content (AvgIpc) is 1.85. The fourth-order valence-electron chi connectivity index (χ4n) is 0.916. The van der Waals surface area contributed by atoms with Gasteiger partial charge in [0.05, 0.1) is 0 Å². The molecule has 0 aromatic carbocycles. The molecule has 0 atom stereocenters. The second-order valence-electron chi connectivity index (χ2n) is 4.07. The molecule has 0 heteroatoms. The molecule has 0 heterocycles. The van der Waals surface area contributed by atoms with Crippen LogP contribution in [0.1, 0.15) is 47.0 Å². The highest BCUT2D eigenvalue weighted by molar-refractivity contribution is 4.82. The van der Waals surface area contributed by atoms with Gasteiger partial charge in [0, 0.05) is 0 Å². The van der Waals surface area contributed by atoms with Crippen molar-refractivity contribution in [3.05, 3.63) is 12.2 Å². The molecule has 0 saturated carbocycles. The molecule has 0 saturated heterocycles. The summed E-state index contributed by atoms with van der Waals surface area (Å²) in [5.74, 6) is 1.66. The second-order valence-corrected chi connectivity index (χ2v) is 4.07. The van der Waals surface area contributed by atoms with Crippen molar-refractivity contribution in [1.82, 2.24) is 0 Å². The van der Waals surface area contributed by atoms with Gasteiger partial charge in [-0.25, -0.2) is 0 Å². The lowest BCUT2D eigenvalue weighted by Gasteiger charge is -2.00. The smallest absolute Gasteiger partial charge is 0.0327 e. The summed E-state index contributed by atoms with van der Waals surface area (Å²) in [6.45, 7) is 9.06. The third-order valence-electron chi connectivity index (χ3n) is 1.68. The largest absolute Gasteiger partial charge is 0.0885 e. The monoisotopic (exact) mass is 154 g/mol. The van der Waals surface area contributed by atoms with E-state index in [1.54, 1.807) is 0 Å². The van der Waals surface area contributed by atoms with Gasteiger partial charge >= 0.3 is 0 Å². The van der Waals surface area contributed by atoms with Gasteiger partial charge in [0.25, 0.3) is 0 Å². The van der Waals surface area contributed by atoms with E-state index in [0.717, 1.165) is 11.8 Å². The molecule has 11 heavy (non-hydrogen) atoms. The molecule has 0 amide bonds. The molecule has 0 unspecified atom stereocenters. The third kappa shape index (κ3) is 9.74. The van der Waals surface area contributed by atoms with Crippen molar-refractivity contribution in [3.8, 4) is 0 Å². The predicted octanol–water partition coefficient (Wildman–Crippen LogP) is 4.02. The third-order valence-corrected chi connectivity index (χ3v) is 1.68. The Balaban J connectivity index is 3.17. The van der Waals surface area contributed by atoms with Gasteiger partial charge in [0.2, 0.25) is 0 Å². The standard InChI is InChI=1S/C11H22/c1-10(2)8-6-5-7-9-11(3)4/h5-6,10-11H,7-9H2,1-4H3/b6-5-. The van der Waals surface area contributed by atoms with Crippen molar-refractivity contribution < 1.29 is 0 Å².